The second kappa shape index (κ2) is 5.72. The van der Waals surface area contributed by atoms with Crippen LogP contribution in [-0.2, 0) is 25.5 Å². The number of carbonyl (C=O) groups excluding carboxylic acids is 3. The van der Waals surface area contributed by atoms with Gasteiger partial charge in [0.25, 0.3) is 5.79 Å². The van der Waals surface area contributed by atoms with Crippen LogP contribution in [0.5, 0.6) is 0 Å². The minimum absolute atomic E-state index is 0.134. The molecule has 0 bridgehead atoms. The molecule has 0 radical (unpaired) electrons. The summed E-state index contributed by atoms with van der Waals surface area (Å²) in [5, 5.41) is 3.94. The number of anilines is 1. The van der Waals surface area contributed by atoms with Crippen molar-refractivity contribution in [2.45, 2.75) is 38.9 Å². The fourth-order valence-electron chi connectivity index (χ4n) is 3.33. The predicted molar refractivity (Wildman–Crippen MR) is 93.5 cm³/mol. The lowest BCUT2D eigenvalue weighted by molar-refractivity contribution is -0.222. The number of rotatable bonds is 2. The fraction of sp³-hybridized carbons (Fsp3) is 0.316. The summed E-state index contributed by atoms with van der Waals surface area (Å²) in [6.07, 6.45) is 3.59. The highest BCUT2D eigenvalue weighted by Crippen LogP contribution is 2.31. The zero-order chi connectivity index (χ0) is 18.5. The van der Waals surface area contributed by atoms with Gasteiger partial charge < -0.3 is 19.8 Å². The third kappa shape index (κ3) is 2.75. The summed E-state index contributed by atoms with van der Waals surface area (Å²) in [5.41, 5.74) is 3.04. The van der Waals surface area contributed by atoms with E-state index in [1.807, 2.05) is 18.2 Å². The van der Waals surface area contributed by atoms with Gasteiger partial charge >= 0.3 is 11.9 Å². The molecule has 2 aliphatic rings. The van der Waals surface area contributed by atoms with E-state index >= 15 is 0 Å². The number of Topliss-reactive ketones (excluding diaryl/α,β-unsaturated/α-hetero) is 1. The molecule has 0 spiro atoms. The van der Waals surface area contributed by atoms with Crippen LogP contribution >= 0.6 is 0 Å². The zero-order valence-electron chi connectivity index (χ0n) is 14.5. The Balaban J connectivity index is 1.61. The van der Waals surface area contributed by atoms with Crippen molar-refractivity contribution in [1.29, 1.82) is 0 Å². The van der Waals surface area contributed by atoms with Gasteiger partial charge in [0.15, 0.2) is 11.4 Å². The Kier molecular flexibility index (Phi) is 3.61. The normalized spacial score (nSPS) is 19.0. The van der Waals surface area contributed by atoms with Crippen molar-refractivity contribution >= 4 is 34.3 Å². The van der Waals surface area contributed by atoms with Crippen LogP contribution < -0.4 is 5.32 Å². The molecule has 7 heteroatoms. The Morgan fingerprint density at radius 3 is 2.58 bits per heavy atom. The topological polar surface area (TPSA) is 97.5 Å². The number of H-pyrrole nitrogens is 1. The van der Waals surface area contributed by atoms with Gasteiger partial charge in [0.05, 0.1) is 5.69 Å². The molecule has 1 aromatic heterocycles. The number of cyclic esters (lactones) is 2. The molecule has 1 aliphatic heterocycles. The molecule has 1 aromatic carbocycles. The van der Waals surface area contributed by atoms with Crippen molar-refractivity contribution in [2.75, 3.05) is 5.32 Å². The average Bonchev–Trinajstić information content (AvgIpc) is 2.92. The molecule has 1 saturated heterocycles. The molecule has 0 atom stereocenters. The highest BCUT2D eigenvalue weighted by Gasteiger charge is 2.38. The van der Waals surface area contributed by atoms with Crippen molar-refractivity contribution in [3.63, 3.8) is 0 Å². The third-order valence-electron chi connectivity index (χ3n) is 4.52. The number of hydrogen-bond acceptors (Lipinski definition) is 6. The van der Waals surface area contributed by atoms with Crippen LogP contribution in [0.15, 0.2) is 30.0 Å². The molecule has 2 N–H and O–H groups in total. The van der Waals surface area contributed by atoms with E-state index in [0.717, 1.165) is 29.3 Å². The van der Waals surface area contributed by atoms with E-state index in [-0.39, 0.29) is 11.4 Å². The number of aryl methyl sites for hydroxylation is 1. The summed E-state index contributed by atoms with van der Waals surface area (Å²) in [5.74, 6) is -2.60. The molecule has 0 unspecified atom stereocenters. The van der Waals surface area contributed by atoms with Crippen LogP contribution in [0, 0.1) is 0 Å². The van der Waals surface area contributed by atoms with Gasteiger partial charge in [-0.15, -0.1) is 0 Å². The molecule has 26 heavy (non-hydrogen) atoms. The molecule has 1 fully saturated rings. The van der Waals surface area contributed by atoms with Gasteiger partial charge in [-0.05, 0) is 30.5 Å². The van der Waals surface area contributed by atoms with E-state index in [2.05, 4.69) is 10.3 Å². The first-order chi connectivity index (χ1) is 12.3. The van der Waals surface area contributed by atoms with Crippen LogP contribution in [0.4, 0.5) is 5.69 Å². The van der Waals surface area contributed by atoms with Crippen LogP contribution in [-0.4, -0.2) is 28.5 Å². The van der Waals surface area contributed by atoms with Crippen molar-refractivity contribution < 1.29 is 23.9 Å². The number of nitrogens with one attached hydrogen (secondary N) is 2. The monoisotopic (exact) mass is 354 g/mol. The Labute approximate surface area is 149 Å². The lowest BCUT2D eigenvalue weighted by Crippen LogP contribution is -2.42. The average molecular weight is 354 g/mol. The minimum atomic E-state index is -1.26. The van der Waals surface area contributed by atoms with Crippen molar-refractivity contribution in [3.05, 3.63) is 41.2 Å². The standard InChI is InChI=1S/C19H18N2O5/c1-19(2)25-17(23)13(18(24)26-19)9-20-10-6-7-11-12-4-3-5-15(22)16(12)21-14(11)8-10/h6-9,20-21H,3-5H2,1-2H3. The maximum atomic E-state index is 12.0. The molecule has 2 heterocycles. The lowest BCUT2D eigenvalue weighted by Gasteiger charge is -2.29. The van der Waals surface area contributed by atoms with Crippen LogP contribution in [0.1, 0.15) is 42.7 Å². The smallest absolute Gasteiger partial charge is 0.350 e. The van der Waals surface area contributed by atoms with Crippen molar-refractivity contribution in [2.24, 2.45) is 0 Å². The maximum Gasteiger partial charge on any atom is 0.350 e. The van der Waals surface area contributed by atoms with Gasteiger partial charge in [-0.2, -0.15) is 0 Å². The first-order valence-corrected chi connectivity index (χ1v) is 8.45. The number of benzene rings is 1. The van der Waals surface area contributed by atoms with E-state index in [9.17, 15) is 14.4 Å². The summed E-state index contributed by atoms with van der Waals surface area (Å²) < 4.78 is 10.1. The number of ketones is 1. The van der Waals surface area contributed by atoms with Crippen LogP contribution in [0.2, 0.25) is 0 Å². The summed E-state index contributed by atoms with van der Waals surface area (Å²) in [6, 6.07) is 5.59. The van der Waals surface area contributed by atoms with E-state index in [1.54, 1.807) is 0 Å². The summed E-state index contributed by atoms with van der Waals surface area (Å²) >= 11 is 0. The Hall–Kier alpha value is -3.09. The van der Waals surface area contributed by atoms with Gasteiger partial charge in [-0.25, -0.2) is 9.59 Å². The molecule has 1 aliphatic carbocycles. The predicted octanol–water partition coefficient (Wildman–Crippen LogP) is 2.82. The van der Waals surface area contributed by atoms with Gasteiger partial charge in [0.2, 0.25) is 0 Å². The SMILES string of the molecule is CC1(C)OC(=O)C(=CNc2ccc3c4c([nH]c3c2)C(=O)CCC4)C(=O)O1. The first-order valence-electron chi connectivity index (χ1n) is 8.45. The molecule has 0 saturated carbocycles. The van der Waals surface area contributed by atoms with Gasteiger partial charge in [-0.1, -0.05) is 6.07 Å². The Bertz CT molecular complexity index is 961. The molecule has 4 rings (SSSR count). The Morgan fingerprint density at radius 2 is 1.85 bits per heavy atom. The fourth-order valence-corrected chi connectivity index (χ4v) is 3.33. The molecule has 0 amide bonds. The zero-order valence-corrected chi connectivity index (χ0v) is 14.5. The quantitative estimate of drug-likeness (QED) is 0.489. The minimum Gasteiger partial charge on any atom is -0.419 e. The lowest BCUT2D eigenvalue weighted by atomic mass is 9.95. The number of ether oxygens (including phenoxy) is 2. The van der Waals surface area contributed by atoms with Crippen molar-refractivity contribution in [3.8, 4) is 0 Å². The maximum absolute atomic E-state index is 12.0. The summed E-state index contributed by atoms with van der Waals surface area (Å²) in [4.78, 5) is 39.1. The largest absolute Gasteiger partial charge is 0.419 e. The Morgan fingerprint density at radius 1 is 1.12 bits per heavy atom. The summed E-state index contributed by atoms with van der Waals surface area (Å²) in [6.45, 7) is 2.99. The molecular weight excluding hydrogens is 336 g/mol. The highest BCUT2D eigenvalue weighted by atomic mass is 16.7. The second-order valence-electron chi connectivity index (χ2n) is 6.90. The van der Waals surface area contributed by atoms with Gasteiger partial charge in [-0.3, -0.25) is 4.79 Å². The third-order valence-corrected chi connectivity index (χ3v) is 4.52. The van der Waals surface area contributed by atoms with Gasteiger partial charge in [0.1, 0.15) is 0 Å². The number of aromatic amines is 1. The molecular formula is C19H18N2O5. The number of hydrogen-bond donors (Lipinski definition) is 2. The van der Waals surface area contributed by atoms with Crippen molar-refractivity contribution in [1.82, 2.24) is 4.98 Å². The summed E-state index contributed by atoms with van der Waals surface area (Å²) in [7, 11) is 0. The number of carbonyl (C=O) groups is 3. The number of esters is 2. The molecule has 7 nitrogen and oxygen atoms in total. The second-order valence-corrected chi connectivity index (χ2v) is 6.90. The molecule has 134 valence electrons. The van der Waals surface area contributed by atoms with E-state index in [0.29, 0.717) is 17.8 Å². The highest BCUT2D eigenvalue weighted by molar-refractivity contribution is 6.15. The molecule has 2 aromatic rings. The number of aromatic nitrogens is 1. The van der Waals surface area contributed by atoms with E-state index in [4.69, 9.17) is 9.47 Å². The van der Waals surface area contributed by atoms with E-state index in [1.165, 1.54) is 20.0 Å². The van der Waals surface area contributed by atoms with E-state index < -0.39 is 17.7 Å². The van der Waals surface area contributed by atoms with Crippen LogP contribution in [0.3, 0.4) is 0 Å². The van der Waals surface area contributed by atoms with Crippen LogP contribution in [0.25, 0.3) is 10.9 Å². The first kappa shape index (κ1) is 16.4. The van der Waals surface area contributed by atoms with Gasteiger partial charge in [0, 0.05) is 43.1 Å². The number of fused-ring (bicyclic) bond motifs is 3.